The number of thioether (sulfide) groups is 1. The van der Waals surface area contributed by atoms with Gasteiger partial charge in [0, 0.05) is 11.3 Å². The van der Waals surface area contributed by atoms with Crippen LogP contribution in [0.4, 0.5) is 0 Å². The molecular formula is C25H23N3S. The predicted molar refractivity (Wildman–Crippen MR) is 122 cm³/mol. The van der Waals surface area contributed by atoms with Crippen LogP contribution in [0.3, 0.4) is 0 Å². The number of nitrogens with zero attached hydrogens (tertiary/aromatic N) is 3. The van der Waals surface area contributed by atoms with Gasteiger partial charge in [-0.1, -0.05) is 90.6 Å². The van der Waals surface area contributed by atoms with Crippen molar-refractivity contribution in [2.45, 2.75) is 19.0 Å². The largest absolute Gasteiger partial charge is 0.270 e. The van der Waals surface area contributed by atoms with Crippen molar-refractivity contribution in [3.8, 4) is 17.1 Å². The van der Waals surface area contributed by atoms with Gasteiger partial charge in [0.05, 0.1) is 5.69 Å². The van der Waals surface area contributed by atoms with Crippen LogP contribution in [0, 0.1) is 13.8 Å². The Hall–Kier alpha value is -3.11. The van der Waals surface area contributed by atoms with E-state index in [1.165, 1.54) is 16.7 Å². The van der Waals surface area contributed by atoms with Crippen LogP contribution in [-0.4, -0.2) is 20.5 Å². The van der Waals surface area contributed by atoms with Crippen molar-refractivity contribution >= 4 is 17.8 Å². The number of hydrogen-bond donors (Lipinski definition) is 0. The quantitative estimate of drug-likeness (QED) is 0.355. The normalized spacial score (nSPS) is 11.2. The second kappa shape index (κ2) is 8.93. The van der Waals surface area contributed by atoms with E-state index in [0.29, 0.717) is 0 Å². The summed E-state index contributed by atoms with van der Waals surface area (Å²) >= 11 is 1.69. The van der Waals surface area contributed by atoms with Gasteiger partial charge in [-0.3, -0.25) is 4.57 Å². The molecule has 0 aliphatic heterocycles. The van der Waals surface area contributed by atoms with Gasteiger partial charge >= 0.3 is 0 Å². The van der Waals surface area contributed by atoms with Crippen LogP contribution in [0.1, 0.15) is 16.7 Å². The maximum absolute atomic E-state index is 4.52. The summed E-state index contributed by atoms with van der Waals surface area (Å²) in [5.74, 6) is 1.69. The number of benzene rings is 3. The van der Waals surface area contributed by atoms with E-state index in [1.807, 2.05) is 24.3 Å². The third-order valence-electron chi connectivity index (χ3n) is 4.83. The first-order valence-electron chi connectivity index (χ1n) is 9.65. The predicted octanol–water partition coefficient (Wildman–Crippen LogP) is 6.36. The van der Waals surface area contributed by atoms with E-state index in [2.05, 4.69) is 95.4 Å². The van der Waals surface area contributed by atoms with E-state index >= 15 is 0 Å². The van der Waals surface area contributed by atoms with Crippen molar-refractivity contribution < 1.29 is 0 Å². The molecule has 4 rings (SSSR count). The average molecular weight is 398 g/mol. The summed E-state index contributed by atoms with van der Waals surface area (Å²) in [6.45, 7) is 4.27. The Kier molecular flexibility index (Phi) is 5.92. The van der Waals surface area contributed by atoms with Crippen molar-refractivity contribution in [2.75, 3.05) is 5.75 Å². The van der Waals surface area contributed by atoms with Crippen molar-refractivity contribution in [2.24, 2.45) is 0 Å². The smallest absolute Gasteiger partial charge is 0.196 e. The van der Waals surface area contributed by atoms with Crippen molar-refractivity contribution in [1.82, 2.24) is 14.8 Å². The number of aryl methyl sites for hydroxylation is 2. The van der Waals surface area contributed by atoms with Crippen molar-refractivity contribution in [1.29, 1.82) is 0 Å². The van der Waals surface area contributed by atoms with E-state index in [9.17, 15) is 0 Å². The summed E-state index contributed by atoms with van der Waals surface area (Å²) in [5, 5.41) is 9.92. The fourth-order valence-electron chi connectivity index (χ4n) is 3.11. The Morgan fingerprint density at radius 2 is 1.55 bits per heavy atom. The molecule has 3 nitrogen and oxygen atoms in total. The van der Waals surface area contributed by atoms with Gasteiger partial charge in [-0.15, -0.1) is 10.2 Å². The summed E-state index contributed by atoms with van der Waals surface area (Å²) in [6.07, 6.45) is 4.31. The van der Waals surface area contributed by atoms with Gasteiger partial charge < -0.3 is 0 Å². The summed E-state index contributed by atoms with van der Waals surface area (Å²) < 4.78 is 2.16. The first-order valence-corrected chi connectivity index (χ1v) is 10.6. The summed E-state index contributed by atoms with van der Waals surface area (Å²) in [5.41, 5.74) is 5.89. The van der Waals surface area contributed by atoms with E-state index in [-0.39, 0.29) is 0 Å². The third kappa shape index (κ3) is 4.49. The van der Waals surface area contributed by atoms with Crippen LogP contribution in [-0.2, 0) is 0 Å². The maximum atomic E-state index is 4.52. The van der Waals surface area contributed by atoms with Crippen LogP contribution in [0.5, 0.6) is 0 Å². The Morgan fingerprint density at radius 1 is 0.828 bits per heavy atom. The van der Waals surface area contributed by atoms with Crippen molar-refractivity contribution in [3.05, 3.63) is 102 Å². The Labute approximate surface area is 176 Å². The summed E-state index contributed by atoms with van der Waals surface area (Å²) in [6, 6.07) is 27.1. The molecule has 29 heavy (non-hydrogen) atoms. The second-order valence-electron chi connectivity index (χ2n) is 6.90. The van der Waals surface area contributed by atoms with E-state index in [4.69, 9.17) is 0 Å². The molecule has 0 N–H and O–H groups in total. The molecule has 0 bridgehead atoms. The highest BCUT2D eigenvalue weighted by Gasteiger charge is 2.16. The molecule has 0 atom stereocenters. The number of hydrogen-bond acceptors (Lipinski definition) is 3. The lowest BCUT2D eigenvalue weighted by Crippen LogP contribution is -2.00. The van der Waals surface area contributed by atoms with E-state index in [1.54, 1.807) is 11.8 Å². The monoisotopic (exact) mass is 397 g/mol. The van der Waals surface area contributed by atoms with Gasteiger partial charge in [-0.05, 0) is 42.7 Å². The number of rotatable bonds is 6. The molecule has 4 aromatic rings. The molecule has 0 spiro atoms. The zero-order valence-corrected chi connectivity index (χ0v) is 17.4. The second-order valence-corrected chi connectivity index (χ2v) is 7.89. The Bertz CT molecular complexity index is 1120. The maximum Gasteiger partial charge on any atom is 0.196 e. The van der Waals surface area contributed by atoms with Crippen LogP contribution in [0.2, 0.25) is 0 Å². The molecule has 0 saturated carbocycles. The first kappa shape index (κ1) is 19.2. The molecule has 0 amide bonds. The minimum atomic E-state index is 0.826. The van der Waals surface area contributed by atoms with Crippen molar-refractivity contribution in [3.63, 3.8) is 0 Å². The van der Waals surface area contributed by atoms with Gasteiger partial charge in [0.2, 0.25) is 0 Å². The molecule has 0 saturated heterocycles. The fourth-order valence-corrected chi connectivity index (χ4v) is 3.87. The highest BCUT2D eigenvalue weighted by molar-refractivity contribution is 7.99. The van der Waals surface area contributed by atoms with E-state index < -0.39 is 0 Å². The van der Waals surface area contributed by atoms with Gasteiger partial charge in [0.25, 0.3) is 0 Å². The van der Waals surface area contributed by atoms with Crippen LogP contribution >= 0.6 is 11.8 Å². The Morgan fingerprint density at radius 3 is 2.28 bits per heavy atom. The summed E-state index contributed by atoms with van der Waals surface area (Å²) in [7, 11) is 0. The lowest BCUT2D eigenvalue weighted by molar-refractivity contribution is 0.886. The van der Waals surface area contributed by atoms with Gasteiger partial charge in [0.1, 0.15) is 0 Å². The fraction of sp³-hybridized carbons (Fsp3) is 0.120. The summed E-state index contributed by atoms with van der Waals surface area (Å²) in [4.78, 5) is 0. The van der Waals surface area contributed by atoms with Gasteiger partial charge in [-0.25, -0.2) is 0 Å². The lowest BCUT2D eigenvalue weighted by atomic mass is 10.1. The highest BCUT2D eigenvalue weighted by atomic mass is 32.2. The van der Waals surface area contributed by atoms with Gasteiger partial charge in [-0.2, -0.15) is 0 Å². The topological polar surface area (TPSA) is 30.7 Å². The average Bonchev–Trinajstić information content (AvgIpc) is 3.18. The van der Waals surface area contributed by atoms with Crippen LogP contribution < -0.4 is 0 Å². The molecule has 1 heterocycles. The molecule has 1 aromatic heterocycles. The van der Waals surface area contributed by atoms with Crippen LogP contribution in [0.25, 0.3) is 23.2 Å². The standard InChI is InChI=1S/C25H23N3S/c1-19-15-16-23(18-20(19)2)28-24(22-13-7-4-8-14-22)26-27-25(28)29-17-9-12-21-10-5-3-6-11-21/h3-16,18H,17H2,1-2H3. The van der Waals surface area contributed by atoms with E-state index in [0.717, 1.165) is 28.0 Å². The molecular weight excluding hydrogens is 374 g/mol. The zero-order chi connectivity index (χ0) is 20.1. The minimum absolute atomic E-state index is 0.826. The van der Waals surface area contributed by atoms with Gasteiger partial charge in [0.15, 0.2) is 11.0 Å². The molecule has 0 unspecified atom stereocenters. The molecule has 144 valence electrons. The molecule has 0 aliphatic rings. The Balaban J connectivity index is 1.65. The minimum Gasteiger partial charge on any atom is -0.270 e. The zero-order valence-electron chi connectivity index (χ0n) is 16.6. The molecule has 0 fully saturated rings. The number of aromatic nitrogens is 3. The molecule has 4 heteroatoms. The van der Waals surface area contributed by atoms with Crippen LogP contribution in [0.15, 0.2) is 90.1 Å². The molecule has 0 aliphatic carbocycles. The third-order valence-corrected chi connectivity index (χ3v) is 5.71. The SMILES string of the molecule is Cc1ccc(-n2c(SCC=Cc3ccccc3)nnc2-c2ccccc2)cc1C. The lowest BCUT2D eigenvalue weighted by Gasteiger charge is -2.12. The molecule has 0 radical (unpaired) electrons. The first-order chi connectivity index (χ1) is 14.2. The molecule has 3 aromatic carbocycles. The highest BCUT2D eigenvalue weighted by Crippen LogP contribution is 2.29.